The summed E-state index contributed by atoms with van der Waals surface area (Å²) in [6.45, 7) is 2.31. The molecule has 0 saturated carbocycles. The Morgan fingerprint density at radius 1 is 1.50 bits per heavy atom. The second-order valence-corrected chi connectivity index (χ2v) is 6.85. The van der Waals surface area contributed by atoms with Crippen molar-refractivity contribution in [2.45, 2.75) is 18.6 Å². The fourth-order valence-electron chi connectivity index (χ4n) is 0.707. The highest BCUT2D eigenvalue weighted by molar-refractivity contribution is 7.89. The smallest absolute Gasteiger partial charge is 0.211 e. The summed E-state index contributed by atoms with van der Waals surface area (Å²) >= 11 is 0. The zero-order valence-corrected chi connectivity index (χ0v) is 10.2. The average Bonchev–Trinajstić information content (AvgIpc) is 2.11. The highest BCUT2D eigenvalue weighted by Gasteiger charge is 2.12. The van der Waals surface area contributed by atoms with Gasteiger partial charge in [0.25, 0.3) is 0 Å². The van der Waals surface area contributed by atoms with Crippen molar-refractivity contribution in [3.05, 3.63) is 0 Å². The van der Waals surface area contributed by atoms with Gasteiger partial charge in [-0.2, -0.15) is 0 Å². The van der Waals surface area contributed by atoms with Crippen molar-refractivity contribution in [1.29, 1.82) is 0 Å². The molecule has 0 aromatic rings. The van der Waals surface area contributed by atoms with Gasteiger partial charge in [-0.15, -0.1) is 0 Å². The van der Waals surface area contributed by atoms with Gasteiger partial charge < -0.3 is 5.73 Å². The molecular formula is C7H18N2O3S2. The largest absolute Gasteiger partial charge is 0.330 e. The van der Waals surface area contributed by atoms with E-state index in [0.29, 0.717) is 13.0 Å². The second-order valence-electron chi connectivity index (χ2n) is 3.12. The predicted octanol–water partition coefficient (Wildman–Crippen LogP) is -0.978. The first-order chi connectivity index (χ1) is 6.39. The monoisotopic (exact) mass is 242 g/mol. The predicted molar refractivity (Wildman–Crippen MR) is 59.0 cm³/mol. The average molecular weight is 242 g/mol. The molecule has 0 amide bonds. The number of hydrogen-bond acceptors (Lipinski definition) is 4. The molecular weight excluding hydrogens is 224 g/mol. The summed E-state index contributed by atoms with van der Waals surface area (Å²) in [4.78, 5) is 0. The van der Waals surface area contributed by atoms with Crippen molar-refractivity contribution in [1.82, 2.24) is 4.72 Å². The molecule has 0 aliphatic rings. The van der Waals surface area contributed by atoms with Crippen LogP contribution in [0.2, 0.25) is 0 Å². The van der Waals surface area contributed by atoms with Crippen LogP contribution in [0.5, 0.6) is 0 Å². The van der Waals surface area contributed by atoms with Gasteiger partial charge in [0.2, 0.25) is 10.0 Å². The van der Waals surface area contributed by atoms with Crippen molar-refractivity contribution in [3.8, 4) is 0 Å². The first kappa shape index (κ1) is 14.0. The third kappa shape index (κ3) is 6.47. The first-order valence-electron chi connectivity index (χ1n) is 4.38. The Bertz CT molecular complexity index is 277. The molecule has 86 valence electrons. The molecule has 0 heterocycles. The van der Waals surface area contributed by atoms with Crippen molar-refractivity contribution < 1.29 is 12.6 Å². The summed E-state index contributed by atoms with van der Waals surface area (Å²) in [6.07, 6.45) is 2.00. The van der Waals surface area contributed by atoms with E-state index in [-0.39, 0.29) is 17.5 Å². The van der Waals surface area contributed by atoms with Gasteiger partial charge in [-0.3, -0.25) is 4.21 Å². The van der Waals surface area contributed by atoms with E-state index in [1.54, 1.807) is 13.2 Å². The van der Waals surface area contributed by atoms with Gasteiger partial charge in [-0.1, -0.05) is 0 Å². The first-order valence-corrected chi connectivity index (χ1v) is 7.66. The van der Waals surface area contributed by atoms with E-state index in [1.807, 2.05) is 0 Å². The Hall–Kier alpha value is 0.0200. The second kappa shape index (κ2) is 6.49. The molecule has 0 bridgehead atoms. The number of sulfonamides is 1. The summed E-state index contributed by atoms with van der Waals surface area (Å²) in [5.41, 5.74) is 5.20. The number of nitrogens with two attached hydrogens (primary N) is 1. The van der Waals surface area contributed by atoms with Crippen molar-refractivity contribution >= 4 is 20.8 Å². The van der Waals surface area contributed by atoms with Crippen LogP contribution in [-0.2, 0) is 20.8 Å². The number of rotatable bonds is 7. The van der Waals surface area contributed by atoms with E-state index in [4.69, 9.17) is 5.73 Å². The van der Waals surface area contributed by atoms with Gasteiger partial charge in [0.15, 0.2) is 0 Å². The van der Waals surface area contributed by atoms with Crippen LogP contribution in [-0.4, -0.2) is 43.0 Å². The van der Waals surface area contributed by atoms with Gasteiger partial charge in [0.1, 0.15) is 0 Å². The molecule has 0 spiro atoms. The molecule has 7 heteroatoms. The Morgan fingerprint density at radius 3 is 2.50 bits per heavy atom. The lowest BCUT2D eigenvalue weighted by Crippen LogP contribution is -2.34. The normalized spacial score (nSPS) is 16.5. The molecule has 2 atom stereocenters. The molecule has 0 aromatic carbocycles. The maximum atomic E-state index is 11.3. The third-order valence-electron chi connectivity index (χ3n) is 1.77. The van der Waals surface area contributed by atoms with Gasteiger partial charge in [-0.25, -0.2) is 13.1 Å². The molecule has 0 aromatic heterocycles. The van der Waals surface area contributed by atoms with Crippen LogP contribution >= 0.6 is 0 Å². The van der Waals surface area contributed by atoms with Gasteiger partial charge in [-0.05, 0) is 19.9 Å². The standard InChI is InChI=1S/C7H18N2O3S2/c1-7(13(2)10)6-9-14(11,12)5-3-4-8/h7,9H,3-6,8H2,1-2H3. The van der Waals surface area contributed by atoms with Crippen LogP contribution in [0, 0.1) is 0 Å². The Kier molecular flexibility index (Phi) is 6.50. The topological polar surface area (TPSA) is 89.3 Å². The Labute approximate surface area is 88.0 Å². The molecule has 5 nitrogen and oxygen atoms in total. The summed E-state index contributed by atoms with van der Waals surface area (Å²) in [5.74, 6) is 0.0343. The Balaban J connectivity index is 3.93. The van der Waals surface area contributed by atoms with Crippen LogP contribution < -0.4 is 10.5 Å². The molecule has 3 N–H and O–H groups in total. The van der Waals surface area contributed by atoms with Crippen LogP contribution in [0.4, 0.5) is 0 Å². The zero-order chi connectivity index (χ0) is 11.2. The van der Waals surface area contributed by atoms with E-state index < -0.39 is 20.8 Å². The SMILES string of the molecule is CC(CNS(=O)(=O)CCCN)S(C)=O. The maximum absolute atomic E-state index is 11.3. The van der Waals surface area contributed by atoms with E-state index in [1.165, 1.54) is 0 Å². The lowest BCUT2D eigenvalue weighted by molar-refractivity contribution is 0.578. The molecule has 14 heavy (non-hydrogen) atoms. The zero-order valence-electron chi connectivity index (χ0n) is 8.52. The molecule has 0 aliphatic carbocycles. The molecule has 0 radical (unpaired) electrons. The highest BCUT2D eigenvalue weighted by Crippen LogP contribution is 1.93. The quantitative estimate of drug-likeness (QED) is 0.600. The van der Waals surface area contributed by atoms with Gasteiger partial charge in [0, 0.05) is 28.9 Å². The molecule has 0 aliphatic heterocycles. The molecule has 0 fully saturated rings. The van der Waals surface area contributed by atoms with Crippen LogP contribution in [0.25, 0.3) is 0 Å². The Morgan fingerprint density at radius 2 is 2.07 bits per heavy atom. The lowest BCUT2D eigenvalue weighted by Gasteiger charge is -2.09. The summed E-state index contributed by atoms with van der Waals surface area (Å²) in [7, 11) is -4.24. The minimum absolute atomic E-state index is 0.0343. The van der Waals surface area contributed by atoms with E-state index in [9.17, 15) is 12.6 Å². The number of nitrogens with one attached hydrogen (secondary N) is 1. The lowest BCUT2D eigenvalue weighted by atomic mass is 10.5. The molecule has 0 rings (SSSR count). The van der Waals surface area contributed by atoms with Gasteiger partial charge in [0.05, 0.1) is 5.75 Å². The summed E-state index contributed by atoms with van der Waals surface area (Å²) in [5, 5.41) is -0.164. The van der Waals surface area contributed by atoms with Crippen LogP contribution in [0.15, 0.2) is 0 Å². The molecule has 2 unspecified atom stereocenters. The fourth-order valence-corrected chi connectivity index (χ4v) is 2.33. The third-order valence-corrected chi connectivity index (χ3v) is 4.51. The van der Waals surface area contributed by atoms with Crippen LogP contribution in [0.1, 0.15) is 13.3 Å². The van der Waals surface area contributed by atoms with Crippen molar-refractivity contribution in [2.75, 3.05) is 25.1 Å². The van der Waals surface area contributed by atoms with E-state index in [2.05, 4.69) is 4.72 Å². The summed E-state index contributed by atoms with van der Waals surface area (Å²) in [6, 6.07) is 0. The van der Waals surface area contributed by atoms with Crippen molar-refractivity contribution in [2.24, 2.45) is 5.73 Å². The highest BCUT2D eigenvalue weighted by atomic mass is 32.2. The maximum Gasteiger partial charge on any atom is 0.211 e. The summed E-state index contributed by atoms with van der Waals surface area (Å²) < 4.78 is 35.8. The van der Waals surface area contributed by atoms with E-state index in [0.717, 1.165) is 0 Å². The van der Waals surface area contributed by atoms with Crippen LogP contribution in [0.3, 0.4) is 0 Å². The minimum Gasteiger partial charge on any atom is -0.330 e. The number of hydrogen-bond donors (Lipinski definition) is 2. The van der Waals surface area contributed by atoms with E-state index >= 15 is 0 Å². The van der Waals surface area contributed by atoms with Gasteiger partial charge >= 0.3 is 0 Å². The molecule has 0 saturated heterocycles. The fraction of sp³-hybridized carbons (Fsp3) is 1.00. The minimum atomic E-state index is -3.24. The van der Waals surface area contributed by atoms with Crippen molar-refractivity contribution in [3.63, 3.8) is 0 Å².